The zero-order valence-corrected chi connectivity index (χ0v) is 13.6. The maximum atomic E-state index is 12.2. The molecule has 1 aromatic heterocycles. The Morgan fingerprint density at radius 3 is 2.59 bits per heavy atom. The van der Waals surface area contributed by atoms with Crippen LogP contribution in [0, 0.1) is 5.92 Å². The predicted octanol–water partition coefficient (Wildman–Crippen LogP) is 1.52. The monoisotopic (exact) mass is 322 g/mol. The largest absolute Gasteiger partial charge is 0.336 e. The Balaban J connectivity index is 2.00. The minimum absolute atomic E-state index is 0.0217. The SMILES string of the molecule is CC(C)Cn1cnc(S(=O)(=O)NCC(N)c2ccccc2)c1. The summed E-state index contributed by atoms with van der Waals surface area (Å²) in [6.07, 6.45) is 3.07. The van der Waals surface area contributed by atoms with E-state index in [4.69, 9.17) is 5.73 Å². The van der Waals surface area contributed by atoms with Gasteiger partial charge in [-0.05, 0) is 11.5 Å². The number of aromatic nitrogens is 2. The summed E-state index contributed by atoms with van der Waals surface area (Å²) in [7, 11) is -3.64. The van der Waals surface area contributed by atoms with Gasteiger partial charge in [0, 0.05) is 25.3 Å². The van der Waals surface area contributed by atoms with E-state index >= 15 is 0 Å². The molecule has 6 nitrogen and oxygen atoms in total. The van der Waals surface area contributed by atoms with E-state index in [0.29, 0.717) is 5.92 Å². The Morgan fingerprint density at radius 2 is 1.95 bits per heavy atom. The molecule has 2 aromatic rings. The van der Waals surface area contributed by atoms with Gasteiger partial charge in [-0.25, -0.2) is 18.1 Å². The van der Waals surface area contributed by atoms with Crippen LogP contribution in [0.15, 0.2) is 47.9 Å². The number of rotatable bonds is 7. The van der Waals surface area contributed by atoms with Gasteiger partial charge in [0.1, 0.15) is 0 Å². The number of hydrogen-bond acceptors (Lipinski definition) is 4. The standard InChI is InChI=1S/C15H22N4O2S/c1-12(2)9-19-10-15(17-11-19)22(20,21)18-8-14(16)13-6-4-3-5-7-13/h3-7,10-12,14,18H,8-9,16H2,1-2H3. The highest BCUT2D eigenvalue weighted by molar-refractivity contribution is 7.89. The van der Waals surface area contributed by atoms with Gasteiger partial charge in [0.25, 0.3) is 10.0 Å². The lowest BCUT2D eigenvalue weighted by Gasteiger charge is -2.12. The second-order valence-electron chi connectivity index (χ2n) is 5.67. The fourth-order valence-corrected chi connectivity index (χ4v) is 3.10. The highest BCUT2D eigenvalue weighted by Crippen LogP contribution is 2.11. The maximum absolute atomic E-state index is 12.2. The van der Waals surface area contributed by atoms with Crippen molar-refractivity contribution >= 4 is 10.0 Å². The van der Waals surface area contributed by atoms with Crippen molar-refractivity contribution in [2.75, 3.05) is 6.54 Å². The molecule has 120 valence electrons. The molecule has 0 radical (unpaired) electrons. The smallest absolute Gasteiger partial charge is 0.259 e. The van der Waals surface area contributed by atoms with E-state index in [1.54, 1.807) is 4.57 Å². The molecular weight excluding hydrogens is 300 g/mol. The second kappa shape index (κ2) is 7.04. The van der Waals surface area contributed by atoms with Crippen LogP contribution in [0.4, 0.5) is 0 Å². The molecule has 1 unspecified atom stereocenters. The number of hydrogen-bond donors (Lipinski definition) is 2. The van der Waals surface area contributed by atoms with Gasteiger partial charge in [0.05, 0.1) is 6.33 Å². The Hall–Kier alpha value is -1.70. The normalized spacial score (nSPS) is 13.5. The summed E-state index contributed by atoms with van der Waals surface area (Å²) in [6, 6.07) is 8.98. The molecule has 2 rings (SSSR count). The van der Waals surface area contributed by atoms with Gasteiger partial charge in [-0.3, -0.25) is 0 Å². The van der Waals surface area contributed by atoms with Gasteiger partial charge in [-0.2, -0.15) is 0 Å². The van der Waals surface area contributed by atoms with Gasteiger partial charge >= 0.3 is 0 Å². The molecule has 0 aliphatic rings. The van der Waals surface area contributed by atoms with Crippen LogP contribution < -0.4 is 10.5 Å². The van der Waals surface area contributed by atoms with E-state index in [-0.39, 0.29) is 11.6 Å². The van der Waals surface area contributed by atoms with Gasteiger partial charge in [0.2, 0.25) is 0 Å². The molecule has 1 heterocycles. The summed E-state index contributed by atoms with van der Waals surface area (Å²) in [5, 5.41) is 0.0217. The molecule has 0 saturated carbocycles. The Labute approximate surface area is 131 Å². The van der Waals surface area contributed by atoms with Crippen LogP contribution >= 0.6 is 0 Å². The first-order valence-electron chi connectivity index (χ1n) is 7.20. The van der Waals surface area contributed by atoms with E-state index in [1.165, 1.54) is 12.5 Å². The Morgan fingerprint density at radius 1 is 1.27 bits per heavy atom. The fraction of sp³-hybridized carbons (Fsp3) is 0.400. The van der Waals surface area contributed by atoms with E-state index < -0.39 is 16.1 Å². The van der Waals surface area contributed by atoms with Gasteiger partial charge in [-0.1, -0.05) is 44.2 Å². The molecule has 0 amide bonds. The summed E-state index contributed by atoms with van der Waals surface area (Å²) in [6.45, 7) is 4.98. The van der Waals surface area contributed by atoms with Crippen LogP contribution in [0.1, 0.15) is 25.5 Å². The first-order chi connectivity index (χ1) is 10.4. The molecule has 0 bridgehead atoms. The number of nitrogens with zero attached hydrogens (tertiary/aromatic N) is 2. The number of sulfonamides is 1. The van der Waals surface area contributed by atoms with E-state index in [2.05, 4.69) is 23.6 Å². The number of nitrogens with two attached hydrogens (primary N) is 1. The van der Waals surface area contributed by atoms with Crippen molar-refractivity contribution in [1.82, 2.24) is 14.3 Å². The van der Waals surface area contributed by atoms with E-state index in [0.717, 1.165) is 12.1 Å². The summed E-state index contributed by atoms with van der Waals surface area (Å²) < 4.78 is 28.7. The van der Waals surface area contributed by atoms with Gasteiger partial charge in [-0.15, -0.1) is 0 Å². The first kappa shape index (κ1) is 16.7. The van der Waals surface area contributed by atoms with Crippen LogP contribution in [-0.4, -0.2) is 24.5 Å². The van der Waals surface area contributed by atoms with Crippen molar-refractivity contribution in [1.29, 1.82) is 0 Å². The Bertz CT molecular complexity index is 695. The highest BCUT2D eigenvalue weighted by Gasteiger charge is 2.19. The van der Waals surface area contributed by atoms with Crippen LogP contribution in [0.3, 0.4) is 0 Å². The zero-order chi connectivity index (χ0) is 16.2. The summed E-state index contributed by atoms with van der Waals surface area (Å²) in [4.78, 5) is 3.96. The van der Waals surface area contributed by atoms with Gasteiger partial charge in [0.15, 0.2) is 5.03 Å². The number of imidazole rings is 1. The molecule has 0 spiro atoms. The molecule has 1 aromatic carbocycles. The lowest BCUT2D eigenvalue weighted by atomic mass is 10.1. The minimum atomic E-state index is -3.64. The average Bonchev–Trinajstić information content (AvgIpc) is 2.94. The molecule has 0 aliphatic heterocycles. The van der Waals surface area contributed by atoms with Crippen molar-refractivity contribution in [2.45, 2.75) is 31.5 Å². The maximum Gasteiger partial charge on any atom is 0.259 e. The summed E-state index contributed by atoms with van der Waals surface area (Å²) >= 11 is 0. The quantitative estimate of drug-likeness (QED) is 0.808. The third kappa shape index (κ3) is 4.40. The molecule has 1 atom stereocenters. The van der Waals surface area contributed by atoms with Crippen molar-refractivity contribution in [3.05, 3.63) is 48.4 Å². The van der Waals surface area contributed by atoms with Crippen molar-refractivity contribution < 1.29 is 8.42 Å². The summed E-state index contributed by atoms with van der Waals surface area (Å²) in [5.41, 5.74) is 6.88. The first-order valence-corrected chi connectivity index (χ1v) is 8.69. The average molecular weight is 322 g/mol. The summed E-state index contributed by atoms with van der Waals surface area (Å²) in [5.74, 6) is 0.421. The van der Waals surface area contributed by atoms with Crippen LogP contribution in [0.5, 0.6) is 0 Å². The lowest BCUT2D eigenvalue weighted by molar-refractivity contribution is 0.521. The third-order valence-electron chi connectivity index (χ3n) is 3.18. The van der Waals surface area contributed by atoms with Crippen molar-refractivity contribution in [3.8, 4) is 0 Å². The van der Waals surface area contributed by atoms with Crippen molar-refractivity contribution in [2.24, 2.45) is 11.7 Å². The zero-order valence-electron chi connectivity index (χ0n) is 12.8. The van der Waals surface area contributed by atoms with Crippen LogP contribution in [0.25, 0.3) is 0 Å². The van der Waals surface area contributed by atoms with Crippen LogP contribution in [0.2, 0.25) is 0 Å². The molecular formula is C15H22N4O2S. The van der Waals surface area contributed by atoms with E-state index in [1.807, 2.05) is 30.3 Å². The van der Waals surface area contributed by atoms with Crippen molar-refractivity contribution in [3.63, 3.8) is 0 Å². The fourth-order valence-electron chi connectivity index (χ4n) is 2.09. The molecule has 0 aliphatic carbocycles. The Kier molecular flexibility index (Phi) is 5.33. The minimum Gasteiger partial charge on any atom is -0.336 e. The molecule has 7 heteroatoms. The topological polar surface area (TPSA) is 90.0 Å². The molecule has 0 fully saturated rings. The molecule has 0 saturated heterocycles. The third-order valence-corrected chi connectivity index (χ3v) is 4.49. The lowest BCUT2D eigenvalue weighted by Crippen LogP contribution is -2.32. The predicted molar refractivity (Wildman–Crippen MR) is 85.6 cm³/mol. The highest BCUT2D eigenvalue weighted by atomic mass is 32.2. The van der Waals surface area contributed by atoms with E-state index in [9.17, 15) is 8.42 Å². The molecule has 22 heavy (non-hydrogen) atoms. The second-order valence-corrected chi connectivity index (χ2v) is 7.39. The van der Waals surface area contributed by atoms with Gasteiger partial charge < -0.3 is 10.3 Å². The number of benzene rings is 1. The van der Waals surface area contributed by atoms with Crippen LogP contribution in [-0.2, 0) is 16.6 Å². The molecule has 3 N–H and O–H groups in total. The number of nitrogens with one attached hydrogen (secondary N) is 1.